The fraction of sp³-hybridized carbons (Fsp3) is 0.240. The number of benzene rings is 2. The molecule has 4 rings (SSSR count). The van der Waals surface area contributed by atoms with Crippen molar-refractivity contribution in [3.63, 3.8) is 0 Å². The van der Waals surface area contributed by atoms with Crippen LogP contribution in [0.25, 0.3) is 11.0 Å². The molecule has 33 heavy (non-hydrogen) atoms. The van der Waals surface area contributed by atoms with Crippen LogP contribution in [0.4, 0.5) is 0 Å². The highest BCUT2D eigenvalue weighted by Crippen LogP contribution is 2.30. The maximum absolute atomic E-state index is 10.9. The van der Waals surface area contributed by atoms with Crippen molar-refractivity contribution >= 4 is 34.2 Å². The second-order valence-electron chi connectivity index (χ2n) is 8.13. The van der Waals surface area contributed by atoms with Crippen LogP contribution in [0, 0.1) is 11.3 Å². The zero-order valence-electron chi connectivity index (χ0n) is 18.1. The molecule has 0 amide bonds. The van der Waals surface area contributed by atoms with Gasteiger partial charge in [-0.25, -0.2) is 0 Å². The summed E-state index contributed by atoms with van der Waals surface area (Å²) in [4.78, 5) is 0. The van der Waals surface area contributed by atoms with Crippen molar-refractivity contribution < 1.29 is 5.11 Å². The molecule has 0 fully saturated rings. The van der Waals surface area contributed by atoms with Gasteiger partial charge in [0, 0.05) is 24.4 Å². The molecule has 0 radical (unpaired) electrons. The van der Waals surface area contributed by atoms with Gasteiger partial charge in [-0.15, -0.1) is 0 Å². The largest absolute Gasteiger partial charge is 0.399 e. The van der Waals surface area contributed by atoms with Crippen LogP contribution in [0.15, 0.2) is 88.7 Å². The Kier molecular flexibility index (Phi) is 7.28. The topological polar surface area (TPSA) is 92.0 Å². The minimum atomic E-state index is -0.714. The van der Waals surface area contributed by atoms with Gasteiger partial charge >= 0.3 is 0 Å². The van der Waals surface area contributed by atoms with Crippen LogP contribution in [0.3, 0.4) is 0 Å². The summed E-state index contributed by atoms with van der Waals surface area (Å²) in [5.74, 6) is -0.166. The molecule has 0 saturated heterocycles. The van der Waals surface area contributed by atoms with Crippen LogP contribution >= 0.6 is 23.2 Å². The summed E-state index contributed by atoms with van der Waals surface area (Å²) in [6, 6.07) is 17.8. The third-order valence-corrected chi connectivity index (χ3v) is 6.56. The van der Waals surface area contributed by atoms with Gasteiger partial charge in [0.2, 0.25) is 5.62 Å². The molecule has 0 saturated carbocycles. The Hall–Kier alpha value is -2.93. The number of aromatic nitrogens is 2. The van der Waals surface area contributed by atoms with E-state index in [1.807, 2.05) is 69.8 Å². The van der Waals surface area contributed by atoms with Gasteiger partial charge in [0.15, 0.2) is 0 Å². The van der Waals surface area contributed by atoms with Crippen LogP contribution in [-0.4, -0.2) is 20.3 Å². The second-order valence-corrected chi connectivity index (χ2v) is 8.94. The molecule has 0 aliphatic heterocycles. The van der Waals surface area contributed by atoms with Gasteiger partial charge in [-0.2, -0.15) is 0 Å². The average Bonchev–Trinajstić information content (AvgIpc) is 3.07. The van der Waals surface area contributed by atoms with E-state index in [1.165, 1.54) is 0 Å². The Morgan fingerprint density at radius 3 is 2.45 bits per heavy atom. The molecule has 0 spiro atoms. The molecule has 5 N–H and O–H groups in total. The third-order valence-electron chi connectivity index (χ3n) is 5.77. The van der Waals surface area contributed by atoms with E-state index in [0.29, 0.717) is 35.3 Å². The standard InChI is InChI=1S/C25H27Cl2N5O/c26-20-11-10-18(12-21(20)27)24(33)16-32-23-9-5-4-8-22(23)31(25(32)29)15-19(28)14-30-13-17-6-2-1-3-7-17/h1-9,11-12,14,18,24,29-30,33H,10,13,15-16,28H2/b19-14-,29-25?. The minimum Gasteiger partial charge on any atom is -0.399 e. The molecule has 172 valence electrons. The molecule has 3 aromatic rings. The zero-order valence-corrected chi connectivity index (χ0v) is 19.6. The summed E-state index contributed by atoms with van der Waals surface area (Å²) in [5.41, 5.74) is 10.1. The molecule has 1 aromatic heterocycles. The Morgan fingerprint density at radius 2 is 1.76 bits per heavy atom. The van der Waals surface area contributed by atoms with Crippen LogP contribution in [0.2, 0.25) is 0 Å². The Bertz CT molecular complexity index is 1270. The predicted molar refractivity (Wildman–Crippen MR) is 133 cm³/mol. The molecule has 6 nitrogen and oxygen atoms in total. The SMILES string of the molecule is N=c1n(C/C(N)=C/NCc2ccccc2)c2ccccc2n1CC(O)C1C=C(Cl)C(Cl)=CC1. The minimum absolute atomic E-state index is 0.166. The molecule has 8 heteroatoms. The fourth-order valence-electron chi connectivity index (χ4n) is 4.03. The number of aliphatic hydroxyl groups excluding tert-OH is 1. The van der Waals surface area contributed by atoms with E-state index in [9.17, 15) is 5.11 Å². The second kappa shape index (κ2) is 10.3. The zero-order chi connectivity index (χ0) is 23.4. The van der Waals surface area contributed by atoms with Crippen LogP contribution in [0.5, 0.6) is 0 Å². The number of nitrogens with zero attached hydrogens (tertiary/aromatic N) is 2. The van der Waals surface area contributed by atoms with Crippen LogP contribution in [-0.2, 0) is 19.6 Å². The van der Waals surface area contributed by atoms with Crippen molar-refractivity contribution in [3.8, 4) is 0 Å². The summed E-state index contributed by atoms with van der Waals surface area (Å²) < 4.78 is 3.66. The van der Waals surface area contributed by atoms with E-state index < -0.39 is 6.10 Å². The van der Waals surface area contributed by atoms with Gasteiger partial charge in [-0.3, -0.25) is 5.41 Å². The number of fused-ring (bicyclic) bond motifs is 1. The van der Waals surface area contributed by atoms with E-state index in [2.05, 4.69) is 5.32 Å². The summed E-state index contributed by atoms with van der Waals surface area (Å²) in [6.45, 7) is 1.29. The number of nitrogens with two attached hydrogens (primary N) is 1. The van der Waals surface area contributed by atoms with Gasteiger partial charge in [-0.05, 0) is 24.1 Å². The monoisotopic (exact) mass is 483 g/mol. The third kappa shape index (κ3) is 5.36. The Morgan fingerprint density at radius 1 is 1.09 bits per heavy atom. The van der Waals surface area contributed by atoms with E-state index >= 15 is 0 Å². The number of rotatable bonds is 8. The molecule has 1 heterocycles. The van der Waals surface area contributed by atoms with Crippen molar-refractivity contribution in [2.24, 2.45) is 11.7 Å². The number of para-hydroxylation sites is 2. The van der Waals surface area contributed by atoms with E-state index in [4.69, 9.17) is 34.3 Å². The van der Waals surface area contributed by atoms with Crippen LogP contribution < -0.4 is 16.7 Å². The number of allylic oxidation sites excluding steroid dienone is 4. The maximum atomic E-state index is 10.9. The molecule has 2 aromatic carbocycles. The lowest BCUT2D eigenvalue weighted by Crippen LogP contribution is -2.33. The first-order chi connectivity index (χ1) is 15.9. The van der Waals surface area contributed by atoms with Crippen molar-refractivity contribution in [1.29, 1.82) is 5.41 Å². The van der Waals surface area contributed by atoms with Crippen molar-refractivity contribution in [2.45, 2.75) is 32.2 Å². The van der Waals surface area contributed by atoms with E-state index in [-0.39, 0.29) is 18.1 Å². The van der Waals surface area contributed by atoms with Crippen molar-refractivity contribution in [3.05, 3.63) is 99.9 Å². The number of hydrogen-bond donors (Lipinski definition) is 4. The lowest BCUT2D eigenvalue weighted by atomic mass is 9.94. The van der Waals surface area contributed by atoms with Gasteiger partial charge < -0.3 is 25.3 Å². The Labute approximate surface area is 202 Å². The summed E-state index contributed by atoms with van der Waals surface area (Å²) in [6.07, 6.45) is 5.28. The molecular formula is C25H27Cl2N5O. The first-order valence-electron chi connectivity index (χ1n) is 10.8. The number of imidazole rings is 1. The highest BCUT2D eigenvalue weighted by atomic mass is 35.5. The van der Waals surface area contributed by atoms with E-state index in [0.717, 1.165) is 16.6 Å². The van der Waals surface area contributed by atoms with E-state index in [1.54, 1.807) is 12.3 Å². The highest BCUT2D eigenvalue weighted by Gasteiger charge is 2.23. The van der Waals surface area contributed by atoms with Gasteiger partial charge in [0.25, 0.3) is 0 Å². The number of aliphatic hydroxyl groups is 1. The van der Waals surface area contributed by atoms with Crippen molar-refractivity contribution in [2.75, 3.05) is 0 Å². The van der Waals surface area contributed by atoms with Gasteiger partial charge in [0.05, 0.1) is 40.3 Å². The predicted octanol–water partition coefficient (Wildman–Crippen LogP) is 4.14. The maximum Gasteiger partial charge on any atom is 0.203 e. The fourth-order valence-corrected chi connectivity index (χ4v) is 4.42. The smallest absolute Gasteiger partial charge is 0.203 e. The molecule has 1 aliphatic rings. The summed E-state index contributed by atoms with van der Waals surface area (Å²) in [7, 11) is 0. The molecular weight excluding hydrogens is 457 g/mol. The Balaban J connectivity index is 1.53. The number of hydrogen-bond acceptors (Lipinski definition) is 4. The van der Waals surface area contributed by atoms with Crippen molar-refractivity contribution in [1.82, 2.24) is 14.5 Å². The first-order valence-corrected chi connectivity index (χ1v) is 11.6. The summed E-state index contributed by atoms with van der Waals surface area (Å²) in [5, 5.41) is 23.9. The van der Waals surface area contributed by atoms with Gasteiger partial charge in [-0.1, -0.05) is 77.8 Å². The lowest BCUT2D eigenvalue weighted by molar-refractivity contribution is 0.111. The molecule has 2 atom stereocenters. The normalized spacial score (nSPS) is 17.5. The lowest BCUT2D eigenvalue weighted by Gasteiger charge is -2.22. The number of nitrogens with one attached hydrogen (secondary N) is 2. The summed E-state index contributed by atoms with van der Waals surface area (Å²) >= 11 is 12.2. The average molecular weight is 484 g/mol. The highest BCUT2D eigenvalue weighted by molar-refractivity contribution is 6.44. The quantitative estimate of drug-likeness (QED) is 0.387. The molecule has 1 aliphatic carbocycles. The first kappa shape index (κ1) is 23.2. The molecule has 2 unspecified atom stereocenters. The number of halogens is 2. The van der Waals surface area contributed by atoms with Crippen LogP contribution in [0.1, 0.15) is 12.0 Å². The van der Waals surface area contributed by atoms with Gasteiger partial charge in [0.1, 0.15) is 0 Å². The molecule has 0 bridgehead atoms.